The standard InChI is InChI=1S/C19H23N5O6S/c1-5-22(6-2)31(29,30)19-12-16(23(25)26)9-10-17(19)21-20-14(4)15-8-7-13(3)18(11-15)24(27)28/h7-12,21H,5-6H2,1-4H3/b20-14+. The van der Waals surface area contributed by atoms with Crippen molar-refractivity contribution in [3.05, 3.63) is 67.8 Å². The summed E-state index contributed by atoms with van der Waals surface area (Å²) in [5.74, 6) is 0. The lowest BCUT2D eigenvalue weighted by Gasteiger charge is -2.20. The van der Waals surface area contributed by atoms with Crippen molar-refractivity contribution in [1.29, 1.82) is 0 Å². The molecule has 0 aliphatic carbocycles. The number of nitro groups is 2. The third-order valence-electron chi connectivity index (χ3n) is 4.67. The first-order chi connectivity index (χ1) is 14.5. The van der Waals surface area contributed by atoms with Crippen LogP contribution in [0.5, 0.6) is 0 Å². The van der Waals surface area contributed by atoms with E-state index in [0.29, 0.717) is 16.8 Å². The summed E-state index contributed by atoms with van der Waals surface area (Å²) in [4.78, 5) is 20.9. The van der Waals surface area contributed by atoms with Crippen LogP contribution < -0.4 is 5.43 Å². The minimum Gasteiger partial charge on any atom is -0.277 e. The molecule has 0 radical (unpaired) electrons. The van der Waals surface area contributed by atoms with E-state index in [2.05, 4.69) is 10.5 Å². The van der Waals surface area contributed by atoms with Gasteiger partial charge in [-0.3, -0.25) is 25.7 Å². The average molecular weight is 449 g/mol. The second-order valence-corrected chi connectivity index (χ2v) is 8.50. The Labute approximate surface area is 179 Å². The molecule has 0 atom stereocenters. The zero-order valence-electron chi connectivity index (χ0n) is 17.5. The van der Waals surface area contributed by atoms with Gasteiger partial charge in [-0.2, -0.15) is 9.41 Å². The van der Waals surface area contributed by atoms with Gasteiger partial charge in [-0.05, 0) is 19.9 Å². The molecular weight excluding hydrogens is 426 g/mol. The number of anilines is 1. The Balaban J connectivity index is 2.51. The smallest absolute Gasteiger partial charge is 0.272 e. The highest BCUT2D eigenvalue weighted by Crippen LogP contribution is 2.29. The quantitative estimate of drug-likeness (QED) is 0.349. The van der Waals surface area contributed by atoms with Crippen molar-refractivity contribution >= 4 is 32.8 Å². The number of hydrogen-bond acceptors (Lipinski definition) is 8. The Morgan fingerprint density at radius 3 is 2.26 bits per heavy atom. The molecule has 0 saturated heterocycles. The molecule has 0 aliphatic rings. The van der Waals surface area contributed by atoms with E-state index < -0.39 is 19.9 Å². The largest absolute Gasteiger partial charge is 0.277 e. The van der Waals surface area contributed by atoms with E-state index in [0.717, 1.165) is 6.07 Å². The molecule has 0 saturated carbocycles. The molecular formula is C19H23N5O6S. The lowest BCUT2D eigenvalue weighted by Crippen LogP contribution is -2.31. The van der Waals surface area contributed by atoms with Gasteiger partial charge in [-0.1, -0.05) is 26.0 Å². The van der Waals surface area contributed by atoms with Gasteiger partial charge in [0.25, 0.3) is 11.4 Å². The van der Waals surface area contributed by atoms with Crippen LogP contribution in [0.15, 0.2) is 46.4 Å². The Kier molecular flexibility index (Phi) is 7.41. The van der Waals surface area contributed by atoms with Gasteiger partial charge in [0.1, 0.15) is 4.90 Å². The lowest BCUT2D eigenvalue weighted by atomic mass is 10.1. The van der Waals surface area contributed by atoms with Crippen LogP contribution in [0.4, 0.5) is 17.1 Å². The predicted octanol–water partition coefficient (Wildman–Crippen LogP) is 3.68. The van der Waals surface area contributed by atoms with Crippen LogP contribution in [-0.4, -0.2) is 41.4 Å². The van der Waals surface area contributed by atoms with Gasteiger partial charge in [0.05, 0.1) is 21.2 Å². The molecule has 0 unspecified atom stereocenters. The number of nitrogens with zero attached hydrogens (tertiary/aromatic N) is 4. The number of benzene rings is 2. The number of hydrazone groups is 1. The predicted molar refractivity (Wildman–Crippen MR) is 117 cm³/mol. The molecule has 0 fully saturated rings. The highest BCUT2D eigenvalue weighted by molar-refractivity contribution is 7.89. The number of rotatable bonds is 9. The molecule has 0 bridgehead atoms. The van der Waals surface area contributed by atoms with Gasteiger partial charge in [0.15, 0.2) is 0 Å². The maximum Gasteiger partial charge on any atom is 0.272 e. The van der Waals surface area contributed by atoms with Crippen LogP contribution in [0.25, 0.3) is 0 Å². The Bertz CT molecular complexity index is 1140. The molecule has 12 heteroatoms. The van der Waals surface area contributed by atoms with Crippen LogP contribution >= 0.6 is 0 Å². The van der Waals surface area contributed by atoms with Gasteiger partial charge >= 0.3 is 0 Å². The number of hydrogen-bond donors (Lipinski definition) is 1. The fourth-order valence-electron chi connectivity index (χ4n) is 2.87. The maximum atomic E-state index is 13.0. The molecule has 31 heavy (non-hydrogen) atoms. The minimum absolute atomic E-state index is 0.0541. The van der Waals surface area contributed by atoms with Gasteiger partial charge in [-0.15, -0.1) is 0 Å². The van der Waals surface area contributed by atoms with Crippen molar-refractivity contribution < 1.29 is 18.3 Å². The average Bonchev–Trinajstić information content (AvgIpc) is 2.72. The third-order valence-corrected chi connectivity index (χ3v) is 6.76. The van der Waals surface area contributed by atoms with Crippen LogP contribution in [0.1, 0.15) is 31.9 Å². The van der Waals surface area contributed by atoms with Crippen LogP contribution in [0, 0.1) is 27.2 Å². The molecule has 0 aromatic heterocycles. The normalized spacial score (nSPS) is 12.1. The minimum atomic E-state index is -4.02. The summed E-state index contributed by atoms with van der Waals surface area (Å²) in [6.07, 6.45) is 0. The van der Waals surface area contributed by atoms with Crippen molar-refractivity contribution in [2.75, 3.05) is 18.5 Å². The zero-order chi connectivity index (χ0) is 23.3. The van der Waals surface area contributed by atoms with E-state index in [4.69, 9.17) is 0 Å². The summed E-state index contributed by atoms with van der Waals surface area (Å²) in [5.41, 5.74) is 3.60. The van der Waals surface area contributed by atoms with E-state index >= 15 is 0 Å². The number of non-ortho nitro benzene ring substituents is 1. The van der Waals surface area contributed by atoms with Crippen molar-refractivity contribution in [2.45, 2.75) is 32.6 Å². The number of sulfonamides is 1. The first kappa shape index (κ1) is 23.9. The third kappa shape index (κ3) is 5.22. The molecule has 0 heterocycles. The number of nitrogens with one attached hydrogen (secondary N) is 1. The fourth-order valence-corrected chi connectivity index (χ4v) is 4.49. The maximum absolute atomic E-state index is 13.0. The Hall–Kier alpha value is -3.38. The lowest BCUT2D eigenvalue weighted by molar-refractivity contribution is -0.385. The van der Waals surface area contributed by atoms with E-state index in [1.807, 2.05) is 0 Å². The van der Waals surface area contributed by atoms with E-state index in [1.54, 1.807) is 39.8 Å². The van der Waals surface area contributed by atoms with Crippen LogP contribution in [0.3, 0.4) is 0 Å². The van der Waals surface area contributed by atoms with Crippen molar-refractivity contribution in [3.63, 3.8) is 0 Å². The molecule has 2 aromatic carbocycles. The van der Waals surface area contributed by atoms with Crippen molar-refractivity contribution in [1.82, 2.24) is 4.31 Å². The van der Waals surface area contributed by atoms with E-state index in [-0.39, 0.29) is 35.0 Å². The summed E-state index contributed by atoms with van der Waals surface area (Å²) in [7, 11) is -4.02. The Morgan fingerprint density at radius 1 is 1.06 bits per heavy atom. The highest BCUT2D eigenvalue weighted by Gasteiger charge is 2.27. The van der Waals surface area contributed by atoms with Gasteiger partial charge in [0, 0.05) is 42.4 Å². The molecule has 0 aliphatic heterocycles. The summed E-state index contributed by atoms with van der Waals surface area (Å²) in [6.45, 7) is 6.93. The summed E-state index contributed by atoms with van der Waals surface area (Å²) < 4.78 is 27.2. The molecule has 2 aromatic rings. The molecule has 1 N–H and O–H groups in total. The first-order valence-electron chi connectivity index (χ1n) is 9.37. The molecule has 11 nitrogen and oxygen atoms in total. The summed E-state index contributed by atoms with van der Waals surface area (Å²) in [6, 6.07) is 8.05. The van der Waals surface area contributed by atoms with Gasteiger partial charge < -0.3 is 0 Å². The molecule has 166 valence electrons. The van der Waals surface area contributed by atoms with Gasteiger partial charge in [0.2, 0.25) is 10.0 Å². The second kappa shape index (κ2) is 9.62. The fraction of sp³-hybridized carbons (Fsp3) is 0.316. The van der Waals surface area contributed by atoms with Crippen molar-refractivity contribution in [2.24, 2.45) is 5.10 Å². The molecule has 0 amide bonds. The van der Waals surface area contributed by atoms with Crippen molar-refractivity contribution in [3.8, 4) is 0 Å². The topological polar surface area (TPSA) is 148 Å². The van der Waals surface area contributed by atoms with Gasteiger partial charge in [-0.25, -0.2) is 8.42 Å². The van der Waals surface area contributed by atoms with Crippen LogP contribution in [-0.2, 0) is 10.0 Å². The van der Waals surface area contributed by atoms with Crippen LogP contribution in [0.2, 0.25) is 0 Å². The van der Waals surface area contributed by atoms with E-state index in [9.17, 15) is 28.6 Å². The second-order valence-electron chi connectivity index (χ2n) is 6.59. The zero-order valence-corrected chi connectivity index (χ0v) is 18.3. The number of nitro benzene ring substituents is 2. The molecule has 2 rings (SSSR count). The Morgan fingerprint density at radius 2 is 1.71 bits per heavy atom. The summed E-state index contributed by atoms with van der Waals surface area (Å²) in [5, 5.41) is 26.5. The first-order valence-corrected chi connectivity index (χ1v) is 10.8. The monoisotopic (exact) mass is 449 g/mol. The number of aryl methyl sites for hydroxylation is 1. The van der Waals surface area contributed by atoms with E-state index in [1.165, 1.54) is 22.5 Å². The highest BCUT2D eigenvalue weighted by atomic mass is 32.2. The molecule has 0 spiro atoms. The SMILES string of the molecule is CCN(CC)S(=O)(=O)c1cc([N+](=O)[O-])ccc1N/N=C(\C)c1ccc(C)c([N+](=O)[O-])c1. The summed E-state index contributed by atoms with van der Waals surface area (Å²) >= 11 is 0.